The molecule has 0 fully saturated rings. The van der Waals surface area contributed by atoms with Crippen LogP contribution in [-0.2, 0) is 10.0 Å². The largest absolute Gasteiger partial charge is 0.492 e. The molecule has 4 nitrogen and oxygen atoms in total. The van der Waals surface area contributed by atoms with Crippen LogP contribution in [-0.4, -0.2) is 21.6 Å². The lowest BCUT2D eigenvalue weighted by atomic mass is 9.98. The van der Waals surface area contributed by atoms with Crippen molar-refractivity contribution >= 4 is 10.0 Å². The smallest absolute Gasteiger partial charge is 0.244 e. The van der Waals surface area contributed by atoms with Gasteiger partial charge < -0.3 is 4.74 Å². The van der Waals surface area contributed by atoms with E-state index < -0.39 is 10.0 Å². The lowest BCUT2D eigenvalue weighted by Gasteiger charge is -2.18. The van der Waals surface area contributed by atoms with E-state index in [2.05, 4.69) is 18.6 Å². The number of sulfonamides is 1. The third-order valence-electron chi connectivity index (χ3n) is 3.39. The number of rotatable bonds is 8. The maximum absolute atomic E-state index is 12.6. The Bertz CT molecular complexity index is 592. The van der Waals surface area contributed by atoms with Crippen molar-refractivity contribution in [3.63, 3.8) is 0 Å². The first-order chi connectivity index (χ1) is 10.2. The molecule has 0 unspecified atom stereocenters. The highest BCUT2D eigenvalue weighted by Crippen LogP contribution is 2.31. The lowest BCUT2D eigenvalue weighted by molar-refractivity contribution is 0.308. The van der Waals surface area contributed by atoms with Crippen LogP contribution in [0.3, 0.4) is 0 Å². The number of nitrogens with one attached hydrogen (secondary N) is 1. The number of aryl methyl sites for hydroxylation is 1. The van der Waals surface area contributed by atoms with Gasteiger partial charge in [0.05, 0.1) is 6.61 Å². The summed E-state index contributed by atoms with van der Waals surface area (Å²) in [6.07, 6.45) is 0.837. The average molecular weight is 327 g/mol. The molecule has 1 aromatic carbocycles. The van der Waals surface area contributed by atoms with Crippen LogP contribution < -0.4 is 9.46 Å². The molecule has 1 aromatic rings. The van der Waals surface area contributed by atoms with Crippen molar-refractivity contribution in [3.8, 4) is 5.75 Å². The molecule has 22 heavy (non-hydrogen) atoms. The summed E-state index contributed by atoms with van der Waals surface area (Å²) in [5.74, 6) is 0.962. The molecule has 0 amide bonds. The van der Waals surface area contributed by atoms with Crippen LogP contribution in [0.15, 0.2) is 17.0 Å². The summed E-state index contributed by atoms with van der Waals surface area (Å²) in [7, 11) is -3.56. The van der Waals surface area contributed by atoms with Gasteiger partial charge in [0.25, 0.3) is 0 Å². The second-order valence-corrected chi connectivity index (χ2v) is 8.14. The zero-order chi connectivity index (χ0) is 16.9. The van der Waals surface area contributed by atoms with E-state index in [0.29, 0.717) is 18.9 Å². The van der Waals surface area contributed by atoms with Crippen LogP contribution in [0.4, 0.5) is 0 Å². The molecule has 0 aromatic heterocycles. The minimum atomic E-state index is -3.56. The summed E-state index contributed by atoms with van der Waals surface area (Å²) in [5, 5.41) is 0. The molecule has 0 spiro atoms. The Morgan fingerprint density at radius 2 is 1.82 bits per heavy atom. The molecule has 1 N–H and O–H groups in total. The molecule has 0 aliphatic heterocycles. The Morgan fingerprint density at radius 3 is 2.32 bits per heavy atom. The minimum absolute atomic E-state index is 0.246. The average Bonchev–Trinajstić information content (AvgIpc) is 2.42. The van der Waals surface area contributed by atoms with E-state index in [0.717, 1.165) is 17.5 Å². The van der Waals surface area contributed by atoms with Gasteiger partial charge in [0, 0.05) is 6.54 Å². The Kier molecular flexibility index (Phi) is 6.88. The molecule has 0 saturated carbocycles. The van der Waals surface area contributed by atoms with Gasteiger partial charge in [0.2, 0.25) is 10.0 Å². The van der Waals surface area contributed by atoms with Gasteiger partial charge in [-0.05, 0) is 48.4 Å². The van der Waals surface area contributed by atoms with Crippen LogP contribution in [0.2, 0.25) is 0 Å². The van der Waals surface area contributed by atoms with Crippen molar-refractivity contribution in [3.05, 3.63) is 23.3 Å². The summed E-state index contributed by atoms with van der Waals surface area (Å²) < 4.78 is 33.6. The summed E-state index contributed by atoms with van der Waals surface area (Å²) in [6, 6.07) is 3.60. The Hall–Kier alpha value is -1.07. The van der Waals surface area contributed by atoms with Gasteiger partial charge in [0.15, 0.2) is 0 Å². The second kappa shape index (κ2) is 7.97. The zero-order valence-electron chi connectivity index (χ0n) is 14.6. The second-order valence-electron chi connectivity index (χ2n) is 6.40. The Balaban J connectivity index is 3.31. The highest BCUT2D eigenvalue weighted by atomic mass is 32.2. The number of ether oxygens (including phenoxy) is 1. The molecule has 5 heteroatoms. The maximum atomic E-state index is 12.6. The van der Waals surface area contributed by atoms with E-state index in [1.807, 2.05) is 33.8 Å². The molecule has 0 atom stereocenters. The third-order valence-corrected chi connectivity index (χ3v) is 4.83. The molecular formula is C17H29NO3S. The van der Waals surface area contributed by atoms with E-state index in [9.17, 15) is 8.42 Å². The lowest BCUT2D eigenvalue weighted by Crippen LogP contribution is -2.28. The molecule has 1 rings (SSSR count). The molecule has 0 aliphatic carbocycles. The van der Waals surface area contributed by atoms with Crippen LogP contribution in [0, 0.1) is 12.8 Å². The molecule has 0 bridgehead atoms. The van der Waals surface area contributed by atoms with Crippen LogP contribution in [0.25, 0.3) is 0 Å². The number of hydrogen-bond donors (Lipinski definition) is 1. The fourth-order valence-corrected chi connectivity index (χ4v) is 3.56. The normalized spacial score (nSPS) is 12.2. The monoisotopic (exact) mass is 327 g/mol. The van der Waals surface area contributed by atoms with Crippen LogP contribution in [0.1, 0.15) is 58.1 Å². The Morgan fingerprint density at radius 1 is 1.18 bits per heavy atom. The van der Waals surface area contributed by atoms with E-state index in [1.165, 1.54) is 0 Å². The molecule has 0 saturated heterocycles. The molecule has 0 heterocycles. The van der Waals surface area contributed by atoms with Gasteiger partial charge in [-0.2, -0.15) is 0 Å². The predicted molar refractivity (Wildman–Crippen MR) is 91.1 cm³/mol. The molecule has 126 valence electrons. The van der Waals surface area contributed by atoms with E-state index in [1.54, 1.807) is 6.07 Å². The first kappa shape index (κ1) is 19.0. The van der Waals surface area contributed by atoms with Crippen molar-refractivity contribution in [2.75, 3.05) is 13.2 Å². The van der Waals surface area contributed by atoms with E-state index in [4.69, 9.17) is 4.74 Å². The number of hydrogen-bond acceptors (Lipinski definition) is 3. The molecule has 0 aliphatic rings. The Labute approximate surface area is 135 Å². The first-order valence-corrected chi connectivity index (χ1v) is 9.44. The van der Waals surface area contributed by atoms with Gasteiger partial charge in [0.1, 0.15) is 10.6 Å². The van der Waals surface area contributed by atoms with Crippen molar-refractivity contribution < 1.29 is 13.2 Å². The van der Waals surface area contributed by atoms with Gasteiger partial charge >= 0.3 is 0 Å². The highest BCUT2D eigenvalue weighted by Gasteiger charge is 2.22. The van der Waals surface area contributed by atoms with Crippen molar-refractivity contribution in [1.29, 1.82) is 0 Å². The summed E-state index contributed by atoms with van der Waals surface area (Å²) >= 11 is 0. The van der Waals surface area contributed by atoms with E-state index in [-0.39, 0.29) is 16.7 Å². The maximum Gasteiger partial charge on any atom is 0.244 e. The fraction of sp³-hybridized carbons (Fsp3) is 0.647. The molecular weight excluding hydrogens is 298 g/mol. The van der Waals surface area contributed by atoms with Crippen molar-refractivity contribution in [1.82, 2.24) is 4.72 Å². The van der Waals surface area contributed by atoms with Gasteiger partial charge in [-0.25, -0.2) is 13.1 Å². The number of benzene rings is 1. The summed E-state index contributed by atoms with van der Waals surface area (Å²) in [5.41, 5.74) is 2.10. The summed E-state index contributed by atoms with van der Waals surface area (Å²) in [6.45, 7) is 13.0. The minimum Gasteiger partial charge on any atom is -0.492 e. The van der Waals surface area contributed by atoms with Gasteiger partial charge in [-0.3, -0.25) is 0 Å². The topological polar surface area (TPSA) is 55.4 Å². The quantitative estimate of drug-likeness (QED) is 0.789. The van der Waals surface area contributed by atoms with E-state index >= 15 is 0 Å². The van der Waals surface area contributed by atoms with Crippen molar-refractivity contribution in [2.45, 2.75) is 58.8 Å². The standard InChI is InChI=1S/C17H29NO3S/c1-7-8-21-16-9-14(6)15(13(4)5)10-17(16)22(19,20)18-11-12(2)3/h9-10,12-13,18H,7-8,11H2,1-6H3. The molecule has 0 radical (unpaired) electrons. The van der Waals surface area contributed by atoms with Crippen molar-refractivity contribution in [2.24, 2.45) is 5.92 Å². The van der Waals surface area contributed by atoms with Crippen LogP contribution >= 0.6 is 0 Å². The SMILES string of the molecule is CCCOc1cc(C)c(C(C)C)cc1S(=O)(=O)NCC(C)C. The first-order valence-electron chi connectivity index (χ1n) is 7.96. The highest BCUT2D eigenvalue weighted by molar-refractivity contribution is 7.89. The zero-order valence-corrected chi connectivity index (χ0v) is 15.4. The third kappa shape index (κ3) is 4.99. The predicted octanol–water partition coefficient (Wildman–Crippen LogP) is 3.84. The fourth-order valence-electron chi connectivity index (χ4n) is 2.19. The van der Waals surface area contributed by atoms with Gasteiger partial charge in [-0.15, -0.1) is 0 Å². The summed E-state index contributed by atoms with van der Waals surface area (Å²) in [4.78, 5) is 0.246. The van der Waals surface area contributed by atoms with Crippen LogP contribution in [0.5, 0.6) is 5.75 Å². The van der Waals surface area contributed by atoms with Gasteiger partial charge in [-0.1, -0.05) is 34.6 Å².